The molecule has 6 heteroatoms. The van der Waals surface area contributed by atoms with Gasteiger partial charge in [0.05, 0.1) is 17.2 Å². The van der Waals surface area contributed by atoms with Crippen LogP contribution < -0.4 is 10.6 Å². The molecule has 2 fully saturated rings. The van der Waals surface area contributed by atoms with E-state index < -0.39 is 9.84 Å². The number of hydrogen-bond donors (Lipinski definition) is 2. The van der Waals surface area contributed by atoms with Crippen LogP contribution in [0, 0.1) is 5.92 Å². The van der Waals surface area contributed by atoms with E-state index in [1.165, 1.54) is 6.26 Å². The van der Waals surface area contributed by atoms with Crippen molar-refractivity contribution in [1.82, 2.24) is 10.6 Å². The van der Waals surface area contributed by atoms with Gasteiger partial charge < -0.3 is 4.74 Å². The van der Waals surface area contributed by atoms with Crippen LogP contribution in [0.25, 0.3) is 0 Å². The molecule has 4 unspecified atom stereocenters. The molecular weight excluding hydrogens is 324 g/mol. The lowest BCUT2D eigenvalue weighted by Gasteiger charge is -2.32. The summed E-state index contributed by atoms with van der Waals surface area (Å²) in [6.45, 7) is 4.00. The summed E-state index contributed by atoms with van der Waals surface area (Å²) in [6.07, 6.45) is 6.34. The third-order valence-corrected chi connectivity index (χ3v) is 6.10. The van der Waals surface area contributed by atoms with E-state index in [0.29, 0.717) is 16.9 Å². The maximum atomic E-state index is 11.6. The van der Waals surface area contributed by atoms with Crippen molar-refractivity contribution in [3.8, 4) is 0 Å². The molecule has 3 rings (SSSR count). The molecule has 0 bridgehead atoms. The van der Waals surface area contributed by atoms with E-state index in [2.05, 4.69) is 17.6 Å². The monoisotopic (exact) mass is 352 g/mol. The molecule has 2 aliphatic rings. The molecular formula is C18H28N2O3S. The minimum Gasteiger partial charge on any atom is -0.377 e. The first-order valence-corrected chi connectivity index (χ1v) is 10.7. The Hall–Kier alpha value is -0.950. The van der Waals surface area contributed by atoms with Gasteiger partial charge in [-0.1, -0.05) is 19.1 Å². The molecule has 0 amide bonds. The zero-order valence-corrected chi connectivity index (χ0v) is 15.3. The summed E-state index contributed by atoms with van der Waals surface area (Å²) < 4.78 is 28.9. The van der Waals surface area contributed by atoms with Crippen LogP contribution in [0.15, 0.2) is 29.2 Å². The Kier molecular flexibility index (Phi) is 5.59. The first-order valence-electron chi connectivity index (χ1n) is 8.83. The van der Waals surface area contributed by atoms with Crippen LogP contribution in [0.3, 0.4) is 0 Å². The SMILES string of the molecule is CC1COC(CNC2CCCC(c3ccc(S(C)(=O)=O)cc3)N2)C1. The van der Waals surface area contributed by atoms with Gasteiger partial charge in [0.15, 0.2) is 9.84 Å². The molecule has 5 nitrogen and oxygen atoms in total. The third kappa shape index (κ3) is 4.57. The molecule has 0 saturated carbocycles. The normalized spacial score (nSPS) is 31.2. The topological polar surface area (TPSA) is 67.4 Å². The predicted octanol–water partition coefficient (Wildman–Crippen LogP) is 2.25. The number of hydrogen-bond acceptors (Lipinski definition) is 5. The van der Waals surface area contributed by atoms with Gasteiger partial charge in [0.1, 0.15) is 0 Å². The Balaban J connectivity index is 1.55. The Morgan fingerprint density at radius 3 is 2.62 bits per heavy atom. The fraction of sp³-hybridized carbons (Fsp3) is 0.667. The Labute approximate surface area is 145 Å². The van der Waals surface area contributed by atoms with Gasteiger partial charge in [-0.25, -0.2) is 8.42 Å². The second-order valence-electron chi connectivity index (χ2n) is 7.25. The summed E-state index contributed by atoms with van der Waals surface area (Å²) in [6, 6.07) is 7.54. The summed E-state index contributed by atoms with van der Waals surface area (Å²) in [4.78, 5) is 0.379. The molecule has 24 heavy (non-hydrogen) atoms. The maximum absolute atomic E-state index is 11.6. The third-order valence-electron chi connectivity index (χ3n) is 4.97. The molecule has 1 aromatic carbocycles. The van der Waals surface area contributed by atoms with Crippen LogP contribution in [0.4, 0.5) is 0 Å². The minimum atomic E-state index is -3.13. The average Bonchev–Trinajstić information content (AvgIpc) is 2.98. The Morgan fingerprint density at radius 1 is 1.25 bits per heavy atom. The van der Waals surface area contributed by atoms with Crippen molar-refractivity contribution in [2.24, 2.45) is 5.92 Å². The van der Waals surface area contributed by atoms with Crippen molar-refractivity contribution in [2.45, 2.75) is 55.8 Å². The fourth-order valence-corrected chi connectivity index (χ4v) is 4.24. The lowest BCUT2D eigenvalue weighted by molar-refractivity contribution is 0.0998. The van der Waals surface area contributed by atoms with Crippen LogP contribution in [-0.2, 0) is 14.6 Å². The van der Waals surface area contributed by atoms with Crippen LogP contribution in [0.2, 0.25) is 0 Å². The molecule has 2 aliphatic heterocycles. The van der Waals surface area contributed by atoms with E-state index in [4.69, 9.17) is 4.74 Å². The Bertz CT molecular complexity index is 645. The summed E-state index contributed by atoms with van der Waals surface area (Å²) in [7, 11) is -3.13. The maximum Gasteiger partial charge on any atom is 0.175 e. The highest BCUT2D eigenvalue weighted by Crippen LogP contribution is 2.26. The van der Waals surface area contributed by atoms with Gasteiger partial charge in [-0.15, -0.1) is 0 Å². The number of benzene rings is 1. The molecule has 2 heterocycles. The number of ether oxygens (including phenoxy) is 1. The molecule has 0 aromatic heterocycles. The molecule has 0 radical (unpaired) electrons. The molecule has 2 saturated heterocycles. The first-order chi connectivity index (χ1) is 11.4. The van der Waals surface area contributed by atoms with Gasteiger partial charge in [0.25, 0.3) is 0 Å². The first kappa shape index (κ1) is 17.9. The number of sulfone groups is 1. The zero-order chi connectivity index (χ0) is 17.2. The summed E-state index contributed by atoms with van der Waals surface area (Å²) in [5.74, 6) is 0.664. The molecule has 2 N–H and O–H groups in total. The molecule has 0 spiro atoms. The van der Waals surface area contributed by atoms with Gasteiger partial charge in [-0.3, -0.25) is 10.6 Å². The van der Waals surface area contributed by atoms with Gasteiger partial charge in [0.2, 0.25) is 0 Å². The standard InChI is InChI=1S/C18H28N2O3S/c1-13-10-15(23-12-13)11-19-18-5-3-4-17(20-18)14-6-8-16(9-7-14)24(2,21)22/h6-9,13,15,17-20H,3-5,10-12H2,1-2H3. The highest BCUT2D eigenvalue weighted by Gasteiger charge is 2.25. The lowest BCUT2D eigenvalue weighted by Crippen LogP contribution is -2.48. The highest BCUT2D eigenvalue weighted by molar-refractivity contribution is 7.90. The van der Waals surface area contributed by atoms with Gasteiger partial charge >= 0.3 is 0 Å². The van der Waals surface area contributed by atoms with E-state index in [-0.39, 0.29) is 12.2 Å². The van der Waals surface area contributed by atoms with Gasteiger partial charge in [-0.05, 0) is 49.3 Å². The predicted molar refractivity (Wildman–Crippen MR) is 94.6 cm³/mol. The van der Waals surface area contributed by atoms with Crippen molar-refractivity contribution in [3.63, 3.8) is 0 Å². The lowest BCUT2D eigenvalue weighted by atomic mass is 9.96. The Morgan fingerprint density at radius 2 is 2.00 bits per heavy atom. The van der Waals surface area contributed by atoms with E-state index in [9.17, 15) is 8.42 Å². The number of rotatable bonds is 5. The summed E-state index contributed by atoms with van der Waals surface area (Å²) in [5.41, 5.74) is 1.15. The van der Waals surface area contributed by atoms with Crippen LogP contribution in [0.1, 0.15) is 44.2 Å². The number of piperidine rings is 1. The van der Waals surface area contributed by atoms with Crippen molar-refractivity contribution < 1.29 is 13.2 Å². The smallest absolute Gasteiger partial charge is 0.175 e. The van der Waals surface area contributed by atoms with E-state index in [1.807, 2.05) is 12.1 Å². The highest BCUT2D eigenvalue weighted by atomic mass is 32.2. The summed E-state index contributed by atoms with van der Waals surface area (Å²) in [5, 5.41) is 7.23. The van der Waals surface area contributed by atoms with Crippen LogP contribution in [-0.4, -0.2) is 40.1 Å². The molecule has 4 atom stereocenters. The summed E-state index contributed by atoms with van der Waals surface area (Å²) >= 11 is 0. The van der Waals surface area contributed by atoms with Crippen LogP contribution in [0.5, 0.6) is 0 Å². The second-order valence-corrected chi connectivity index (χ2v) is 9.26. The number of nitrogens with one attached hydrogen (secondary N) is 2. The van der Waals surface area contributed by atoms with Gasteiger partial charge in [0, 0.05) is 25.4 Å². The molecule has 1 aromatic rings. The van der Waals surface area contributed by atoms with Crippen LogP contribution >= 0.6 is 0 Å². The largest absolute Gasteiger partial charge is 0.377 e. The molecule has 0 aliphatic carbocycles. The van der Waals surface area contributed by atoms with E-state index in [1.54, 1.807) is 12.1 Å². The van der Waals surface area contributed by atoms with Crippen molar-refractivity contribution in [2.75, 3.05) is 19.4 Å². The fourth-order valence-electron chi connectivity index (χ4n) is 3.61. The van der Waals surface area contributed by atoms with Crippen molar-refractivity contribution in [3.05, 3.63) is 29.8 Å². The van der Waals surface area contributed by atoms with Crippen molar-refractivity contribution in [1.29, 1.82) is 0 Å². The average molecular weight is 353 g/mol. The zero-order valence-electron chi connectivity index (χ0n) is 14.5. The van der Waals surface area contributed by atoms with Gasteiger partial charge in [-0.2, -0.15) is 0 Å². The molecule has 134 valence electrons. The second kappa shape index (κ2) is 7.52. The van der Waals surface area contributed by atoms with E-state index in [0.717, 1.165) is 44.4 Å². The quantitative estimate of drug-likeness (QED) is 0.851. The van der Waals surface area contributed by atoms with Crippen molar-refractivity contribution >= 4 is 9.84 Å². The minimum absolute atomic E-state index is 0.272. The van der Waals surface area contributed by atoms with E-state index >= 15 is 0 Å².